The zero-order chi connectivity index (χ0) is 84.1. The Morgan fingerprint density at radius 3 is 1.24 bits per heavy atom. The molecule has 0 heterocycles. The molecule has 0 unspecified atom stereocenters. The van der Waals surface area contributed by atoms with E-state index < -0.39 is 180 Å². The summed E-state index contributed by atoms with van der Waals surface area (Å²) >= 11 is 0. The number of rotatable bonds is 17. The molecule has 0 aliphatic heterocycles. The summed E-state index contributed by atoms with van der Waals surface area (Å²) in [4.78, 5) is 141. The SMILES string of the molecule is CCOCCc1ccc2c(c1O)C(O)=C1C(=O)[C@]3(O)C(O)=C(C(N)=O)C(=O)[C@@H](N(C)C)[C@@H]3C[C@@H]1C2.CN(C)c1cc(CCNC(=O)NC(C)(C)C)c(O)c2c1C[C@H]1C[C@H]3[C@H](N(C)C)C(=O)C(C(N)=O)=C(O)[C@@]3(O)C(=O)C1=C2O.CON(C)Cc1ccc2c(c1O)C(O)=C1C(=O)[C@]3(O)C(O)=C(C(N)=O)C(=O)[C@@H](N(C)C)[C@@H]3C[C@@H]1C2. The van der Waals surface area contributed by atoms with Gasteiger partial charge < -0.3 is 104 Å². The van der Waals surface area contributed by atoms with Gasteiger partial charge >= 0.3 is 6.03 Å². The van der Waals surface area contributed by atoms with E-state index in [9.17, 15) is 109 Å². The van der Waals surface area contributed by atoms with Crippen LogP contribution in [0.1, 0.15) is 97.0 Å². The molecule has 3 fully saturated rings. The molecule has 0 bridgehead atoms. The van der Waals surface area contributed by atoms with E-state index in [1.54, 1.807) is 98.7 Å². The first-order valence-electron chi connectivity index (χ1n) is 36.7. The molecule has 20 N–H and O–H groups in total. The Kier molecular flexibility index (Phi) is 23.3. The molecule has 34 heteroatoms. The molecule has 3 aromatic carbocycles. The van der Waals surface area contributed by atoms with Crippen LogP contribution < -0.4 is 32.7 Å². The number of carbonyl (C=O) groups is 10. The monoisotopic (exact) mass is 1570 g/mol. The number of ether oxygens (including phenoxy) is 1. The molecule has 0 spiro atoms. The van der Waals surface area contributed by atoms with E-state index in [1.807, 2.05) is 27.7 Å². The minimum atomic E-state index is -2.70. The van der Waals surface area contributed by atoms with Crippen molar-refractivity contribution in [2.45, 2.75) is 126 Å². The second-order valence-electron chi connectivity index (χ2n) is 32.0. The van der Waals surface area contributed by atoms with Crippen LogP contribution in [0.15, 0.2) is 81.0 Å². The third-order valence-electron chi connectivity index (χ3n) is 23.2. The predicted molar refractivity (Wildman–Crippen MR) is 406 cm³/mol. The van der Waals surface area contributed by atoms with Gasteiger partial charge in [0.1, 0.15) is 68.5 Å². The highest BCUT2D eigenvalue weighted by atomic mass is 16.7. The van der Waals surface area contributed by atoms with E-state index in [1.165, 1.54) is 26.9 Å². The zero-order valence-corrected chi connectivity index (χ0v) is 65.3. The van der Waals surface area contributed by atoms with Crippen LogP contribution in [-0.4, -0.2) is 270 Å². The number of ketones is 6. The van der Waals surface area contributed by atoms with Crippen molar-refractivity contribution in [1.82, 2.24) is 30.4 Å². The summed E-state index contributed by atoms with van der Waals surface area (Å²) in [6.45, 7) is 8.61. The minimum Gasteiger partial charge on any atom is -0.508 e. The average Bonchev–Trinajstić information content (AvgIpc) is 0.709. The molecule has 9 aliphatic carbocycles. The third kappa shape index (κ3) is 14.0. The van der Waals surface area contributed by atoms with Gasteiger partial charge in [-0.15, -0.1) is 0 Å². The predicted octanol–water partition coefficient (Wildman–Crippen LogP) is 1.17. The highest BCUT2D eigenvalue weighted by molar-refractivity contribution is 6.27. The standard InChI is InChI=1S/C30H41N5O8.C25H30N2O8.C24H29N3O8/c1-29(2,3)33-28(42)32-9-8-13-12-17(34(4)5)15-10-14-11-16-21(35(6)7)24(38)20(27(31)41)26(40)30(16,43)25(39)18(14)23(37)19(15)22(13)36;1-4-35-8-7-11-5-6-12-9-13-10-14-18(27(2)3)21(30)17(24(26)33)23(32)25(14,34)22(31)16(13)20(29)15(12)19(11)28;1-26(2)17-13-8-12-7-10-5-6-11(9-27(3)35-4)18(28)14(10)19(29)15(12)21(31)24(13,34)22(32)16(20(17)30)23(25)33/h12,14,16,21,36-37,40,43H,8-11H2,1-7H3,(H2,31,41)(H2,32,33,42);5-6,13-14,18,28-29,32,34H,4,7-10H2,1-3H3,(H2,26,33);5-6,12-13,17,28-29,32,34H,7-9H2,1-4H3,(H2,25,33)/t14-,16-,21-,30-;13-,14-,18-,25-;12-,13-,17-,24-/m000/s1. The molecule has 0 saturated heterocycles. The maximum Gasteiger partial charge on any atom is 0.315 e. The quantitative estimate of drug-likeness (QED) is 0.0512. The lowest BCUT2D eigenvalue weighted by molar-refractivity contribution is -0.155. The van der Waals surface area contributed by atoms with Crippen LogP contribution in [0, 0.1) is 35.5 Å². The van der Waals surface area contributed by atoms with Crippen LogP contribution in [0.5, 0.6) is 17.2 Å². The first-order chi connectivity index (χ1) is 52.6. The van der Waals surface area contributed by atoms with Gasteiger partial charge in [-0.05, 0) is 173 Å². The van der Waals surface area contributed by atoms with Crippen LogP contribution in [0.2, 0.25) is 0 Å². The van der Waals surface area contributed by atoms with Crippen LogP contribution in [0.4, 0.5) is 10.5 Å². The number of hydrogen-bond donors (Lipinski definition) is 17. The van der Waals surface area contributed by atoms with E-state index in [4.69, 9.17) is 26.8 Å². The molecule has 3 saturated carbocycles. The molecule has 113 heavy (non-hydrogen) atoms. The van der Waals surface area contributed by atoms with E-state index in [2.05, 4.69) is 10.6 Å². The molecule has 34 nitrogen and oxygen atoms in total. The Morgan fingerprint density at radius 2 is 0.885 bits per heavy atom. The lowest BCUT2D eigenvalue weighted by Gasteiger charge is -2.50. The zero-order valence-electron chi connectivity index (χ0n) is 65.3. The first kappa shape index (κ1) is 84.9. The van der Waals surface area contributed by atoms with Gasteiger partial charge in [-0.3, -0.25) is 57.9 Å². The van der Waals surface area contributed by atoms with Crippen molar-refractivity contribution < 1.29 is 119 Å². The number of amides is 5. The summed E-state index contributed by atoms with van der Waals surface area (Å²) < 4.78 is 5.34. The van der Waals surface area contributed by atoms with E-state index in [0.717, 1.165) is 0 Å². The Labute approximate surface area is 650 Å². The van der Waals surface area contributed by atoms with Crippen molar-refractivity contribution in [2.24, 2.45) is 52.7 Å². The largest absolute Gasteiger partial charge is 0.508 e. The topological polar surface area (TPSA) is 550 Å². The number of primary amides is 3. The molecular formula is C79H100N10O24. The average molecular weight is 1570 g/mol. The number of nitrogens with two attached hydrogens (primary N) is 3. The molecule has 9 aliphatic rings. The lowest BCUT2D eigenvalue weighted by atomic mass is 9.57. The number of hydrogen-bond acceptors (Lipinski definition) is 29. The van der Waals surface area contributed by atoms with Crippen molar-refractivity contribution in [3.8, 4) is 17.2 Å². The number of aliphatic hydroxyl groups excluding tert-OH is 6. The lowest BCUT2D eigenvalue weighted by Crippen LogP contribution is -2.65. The second-order valence-corrected chi connectivity index (χ2v) is 32.0. The van der Waals surface area contributed by atoms with Gasteiger partial charge in [0, 0.05) is 85.6 Å². The fourth-order valence-corrected chi connectivity index (χ4v) is 18.1. The van der Waals surface area contributed by atoms with Crippen LogP contribution in [0.3, 0.4) is 0 Å². The summed E-state index contributed by atoms with van der Waals surface area (Å²) in [6.07, 6.45) is 1.42. The molecule has 12 rings (SSSR count). The first-order valence-corrected chi connectivity index (χ1v) is 36.7. The number of benzene rings is 3. The minimum absolute atomic E-state index is 0.00789. The molecule has 12 atom stereocenters. The molecular weight excluding hydrogens is 1470 g/mol. The van der Waals surface area contributed by atoms with Gasteiger partial charge in [-0.25, -0.2) is 4.79 Å². The summed E-state index contributed by atoms with van der Waals surface area (Å²) in [7, 11) is 16.1. The van der Waals surface area contributed by atoms with Gasteiger partial charge in [0.05, 0.1) is 55.1 Å². The summed E-state index contributed by atoms with van der Waals surface area (Å²) in [5, 5.41) is 142. The third-order valence-corrected chi connectivity index (χ3v) is 23.2. The maximum atomic E-state index is 14.1. The number of carbonyl (C=O) groups excluding carboxylic acids is 10. The smallest absolute Gasteiger partial charge is 0.315 e. The molecule has 0 radical (unpaired) electrons. The van der Waals surface area contributed by atoms with Crippen molar-refractivity contribution in [3.05, 3.63) is 131 Å². The molecule has 0 aromatic heterocycles. The fourth-order valence-electron chi connectivity index (χ4n) is 18.1. The summed E-state index contributed by atoms with van der Waals surface area (Å²) in [5.74, 6) is -20.0. The summed E-state index contributed by atoms with van der Waals surface area (Å²) in [5.41, 5.74) is 8.51. The normalized spacial score (nSPS) is 27.1. The Bertz CT molecular complexity index is 4790. The number of aromatic hydroxyl groups is 3. The number of likely N-dealkylation sites (N-methyl/N-ethyl adjacent to an activating group) is 3. The maximum absolute atomic E-state index is 14.1. The fraction of sp³-hybridized carbons (Fsp3) is 0.494. The van der Waals surface area contributed by atoms with Crippen molar-refractivity contribution in [3.63, 3.8) is 0 Å². The van der Waals surface area contributed by atoms with Crippen LogP contribution in [-0.2, 0) is 91.4 Å². The summed E-state index contributed by atoms with van der Waals surface area (Å²) in [6, 6.07) is 4.98. The Morgan fingerprint density at radius 1 is 0.522 bits per heavy atom. The highest BCUT2D eigenvalue weighted by Gasteiger charge is 2.68. The van der Waals surface area contributed by atoms with E-state index >= 15 is 0 Å². The van der Waals surface area contributed by atoms with Crippen LogP contribution in [0.25, 0.3) is 17.3 Å². The number of fused-ring (bicyclic) bond motifs is 9. The van der Waals surface area contributed by atoms with Gasteiger partial charge in [-0.2, -0.15) is 5.06 Å². The van der Waals surface area contributed by atoms with Gasteiger partial charge in [0.25, 0.3) is 17.7 Å². The van der Waals surface area contributed by atoms with Crippen molar-refractivity contribution >= 4 is 81.4 Å². The number of Topliss-reactive ketones (excluding diaryl/α,β-unsaturated/α-hetero) is 6. The number of anilines is 1. The molecule has 3 aromatic rings. The van der Waals surface area contributed by atoms with Crippen molar-refractivity contribution in [2.75, 3.05) is 95.2 Å². The van der Waals surface area contributed by atoms with E-state index in [-0.39, 0.29) is 115 Å². The van der Waals surface area contributed by atoms with Crippen LogP contribution >= 0.6 is 0 Å². The number of phenols is 3. The second kappa shape index (κ2) is 31.1. The number of urea groups is 1. The number of nitrogens with one attached hydrogen (secondary N) is 2. The van der Waals surface area contributed by atoms with Gasteiger partial charge in [0.2, 0.25) is 17.3 Å². The molecule has 610 valence electrons. The van der Waals surface area contributed by atoms with Crippen molar-refractivity contribution in [1.29, 1.82) is 0 Å². The van der Waals surface area contributed by atoms with Gasteiger partial charge in [-0.1, -0.05) is 24.3 Å². The number of hydroxylamine groups is 2. The number of aliphatic hydroxyl groups is 9. The van der Waals surface area contributed by atoms with Gasteiger partial charge in [0.15, 0.2) is 34.2 Å². The van der Waals surface area contributed by atoms with E-state index in [0.29, 0.717) is 58.7 Å². The Balaban J connectivity index is 0.000000181. The highest BCUT2D eigenvalue weighted by Crippen LogP contribution is 2.58. The number of nitrogens with zero attached hydrogens (tertiary/aromatic N) is 5. The number of phenolic OH excluding ortho intramolecular Hbond substituents is 3. The Hall–Kier alpha value is -10.6. The molecule has 5 amide bonds.